The molecule has 0 aliphatic rings. The van der Waals surface area contributed by atoms with Crippen LogP contribution in [0.3, 0.4) is 0 Å². The molecule has 0 saturated heterocycles. The third-order valence-corrected chi connectivity index (χ3v) is 2.22. The largest absolute Gasteiger partial charge is 0.496 e. The highest BCUT2D eigenvalue weighted by Crippen LogP contribution is 2.24. The first-order chi connectivity index (χ1) is 7.08. The van der Waals surface area contributed by atoms with Gasteiger partial charge in [0.2, 0.25) is 0 Å². The van der Waals surface area contributed by atoms with E-state index >= 15 is 0 Å². The lowest BCUT2D eigenvalue weighted by atomic mass is 10.1. The number of anilines is 1. The fourth-order valence-electron chi connectivity index (χ4n) is 1.35. The van der Waals surface area contributed by atoms with Gasteiger partial charge in [-0.1, -0.05) is 0 Å². The average molecular weight is 209 g/mol. The van der Waals surface area contributed by atoms with Crippen molar-refractivity contribution in [1.82, 2.24) is 0 Å². The topological polar surface area (TPSA) is 61.5 Å². The van der Waals surface area contributed by atoms with Crippen LogP contribution in [0.4, 0.5) is 5.69 Å². The zero-order valence-corrected chi connectivity index (χ0v) is 9.16. The normalized spacial score (nSPS) is 9.80. The first-order valence-corrected chi connectivity index (χ1v) is 4.58. The third kappa shape index (κ3) is 2.62. The Kier molecular flexibility index (Phi) is 3.55. The molecule has 0 aromatic heterocycles. The number of hydrogen-bond donors (Lipinski definition) is 1. The number of benzene rings is 1. The first-order valence-electron chi connectivity index (χ1n) is 4.58. The molecule has 1 aromatic rings. The summed E-state index contributed by atoms with van der Waals surface area (Å²) in [4.78, 5) is 11.1. The zero-order valence-electron chi connectivity index (χ0n) is 9.16. The van der Waals surface area contributed by atoms with Gasteiger partial charge in [0.15, 0.2) is 0 Å². The molecule has 0 aliphatic heterocycles. The van der Waals surface area contributed by atoms with Gasteiger partial charge in [-0.3, -0.25) is 4.79 Å². The molecule has 82 valence electrons. The molecule has 1 aromatic carbocycles. The van der Waals surface area contributed by atoms with Crippen molar-refractivity contribution in [3.63, 3.8) is 0 Å². The van der Waals surface area contributed by atoms with Crippen LogP contribution in [0.15, 0.2) is 12.1 Å². The van der Waals surface area contributed by atoms with Gasteiger partial charge in [-0.15, -0.1) is 0 Å². The molecule has 0 aliphatic carbocycles. The molecule has 0 spiro atoms. The lowest BCUT2D eigenvalue weighted by Crippen LogP contribution is -2.07. The van der Waals surface area contributed by atoms with Crippen LogP contribution in [0.1, 0.15) is 11.1 Å². The van der Waals surface area contributed by atoms with Crippen molar-refractivity contribution in [2.75, 3.05) is 20.0 Å². The van der Waals surface area contributed by atoms with E-state index in [0.29, 0.717) is 5.69 Å². The standard InChI is InChI=1S/C11H15NO3/c1-7-4-9(12)8(5-10(7)14-2)6-11(13)15-3/h4-5H,6,12H2,1-3H3. The van der Waals surface area contributed by atoms with Gasteiger partial charge >= 0.3 is 5.97 Å². The van der Waals surface area contributed by atoms with Gasteiger partial charge in [-0.05, 0) is 30.2 Å². The van der Waals surface area contributed by atoms with Crippen LogP contribution in [0, 0.1) is 6.92 Å². The number of aryl methyl sites for hydroxylation is 1. The van der Waals surface area contributed by atoms with Gasteiger partial charge < -0.3 is 15.2 Å². The molecule has 1 rings (SSSR count). The Bertz CT molecular complexity index is 374. The Labute approximate surface area is 89.0 Å². The van der Waals surface area contributed by atoms with Crippen molar-refractivity contribution in [1.29, 1.82) is 0 Å². The number of carbonyl (C=O) groups is 1. The molecule has 0 bridgehead atoms. The summed E-state index contributed by atoms with van der Waals surface area (Å²) in [7, 11) is 2.93. The van der Waals surface area contributed by atoms with E-state index in [4.69, 9.17) is 10.5 Å². The van der Waals surface area contributed by atoms with E-state index < -0.39 is 0 Å². The minimum Gasteiger partial charge on any atom is -0.496 e. The van der Waals surface area contributed by atoms with Crippen molar-refractivity contribution < 1.29 is 14.3 Å². The number of esters is 1. The van der Waals surface area contributed by atoms with Gasteiger partial charge in [-0.25, -0.2) is 0 Å². The second kappa shape index (κ2) is 4.68. The summed E-state index contributed by atoms with van der Waals surface area (Å²) in [5.41, 5.74) is 8.04. The Balaban J connectivity index is 3.02. The van der Waals surface area contributed by atoms with Crippen molar-refractivity contribution in [3.8, 4) is 5.75 Å². The predicted molar refractivity (Wildman–Crippen MR) is 57.9 cm³/mol. The van der Waals surface area contributed by atoms with Crippen LogP contribution in [-0.2, 0) is 16.0 Å². The molecule has 0 atom stereocenters. The average Bonchev–Trinajstić information content (AvgIpc) is 2.21. The highest BCUT2D eigenvalue weighted by Gasteiger charge is 2.09. The lowest BCUT2D eigenvalue weighted by molar-refractivity contribution is -0.139. The van der Waals surface area contributed by atoms with Gasteiger partial charge in [-0.2, -0.15) is 0 Å². The number of methoxy groups -OCH3 is 2. The number of carbonyl (C=O) groups excluding carboxylic acids is 1. The van der Waals surface area contributed by atoms with E-state index in [0.717, 1.165) is 16.9 Å². The van der Waals surface area contributed by atoms with Gasteiger partial charge in [0, 0.05) is 5.69 Å². The molecule has 0 amide bonds. The summed E-state index contributed by atoms with van der Waals surface area (Å²) in [5.74, 6) is 0.413. The molecular weight excluding hydrogens is 194 g/mol. The summed E-state index contributed by atoms with van der Waals surface area (Å²) in [6.45, 7) is 1.90. The minimum atomic E-state index is -0.312. The fourth-order valence-corrected chi connectivity index (χ4v) is 1.35. The van der Waals surface area contributed by atoms with E-state index in [9.17, 15) is 4.79 Å². The number of rotatable bonds is 3. The highest BCUT2D eigenvalue weighted by atomic mass is 16.5. The summed E-state index contributed by atoms with van der Waals surface area (Å²) >= 11 is 0. The van der Waals surface area contributed by atoms with Crippen LogP contribution in [0.25, 0.3) is 0 Å². The van der Waals surface area contributed by atoms with E-state index in [1.54, 1.807) is 19.2 Å². The maximum atomic E-state index is 11.1. The maximum Gasteiger partial charge on any atom is 0.310 e. The maximum absolute atomic E-state index is 11.1. The van der Waals surface area contributed by atoms with Crippen molar-refractivity contribution in [2.45, 2.75) is 13.3 Å². The number of ether oxygens (including phenoxy) is 2. The zero-order chi connectivity index (χ0) is 11.4. The van der Waals surface area contributed by atoms with Crippen LogP contribution in [0.5, 0.6) is 5.75 Å². The van der Waals surface area contributed by atoms with Crippen LogP contribution in [0.2, 0.25) is 0 Å². The molecule has 2 N–H and O–H groups in total. The molecule has 0 heterocycles. The summed E-state index contributed by atoms with van der Waals surface area (Å²) < 4.78 is 9.73. The Morgan fingerprint density at radius 1 is 1.40 bits per heavy atom. The fraction of sp³-hybridized carbons (Fsp3) is 0.364. The molecule has 0 saturated carbocycles. The van der Waals surface area contributed by atoms with Crippen molar-refractivity contribution in [2.24, 2.45) is 0 Å². The second-order valence-electron chi connectivity index (χ2n) is 3.27. The van der Waals surface area contributed by atoms with E-state index in [1.165, 1.54) is 7.11 Å². The third-order valence-electron chi connectivity index (χ3n) is 2.22. The molecule has 15 heavy (non-hydrogen) atoms. The van der Waals surface area contributed by atoms with Crippen LogP contribution >= 0.6 is 0 Å². The van der Waals surface area contributed by atoms with E-state index in [-0.39, 0.29) is 12.4 Å². The Hall–Kier alpha value is -1.71. The molecule has 0 unspecified atom stereocenters. The minimum absolute atomic E-state index is 0.166. The molecule has 0 radical (unpaired) electrons. The first kappa shape index (κ1) is 11.4. The van der Waals surface area contributed by atoms with E-state index in [1.807, 2.05) is 6.92 Å². The second-order valence-corrected chi connectivity index (χ2v) is 3.27. The molecular formula is C11H15NO3. The van der Waals surface area contributed by atoms with Gasteiger partial charge in [0.05, 0.1) is 20.6 Å². The van der Waals surface area contributed by atoms with Crippen LogP contribution < -0.4 is 10.5 Å². The number of nitrogen functional groups attached to an aromatic ring is 1. The lowest BCUT2D eigenvalue weighted by Gasteiger charge is -2.10. The summed E-state index contributed by atoms with van der Waals surface area (Å²) in [6, 6.07) is 3.55. The summed E-state index contributed by atoms with van der Waals surface area (Å²) in [5, 5.41) is 0. The van der Waals surface area contributed by atoms with Crippen molar-refractivity contribution in [3.05, 3.63) is 23.3 Å². The molecule has 0 fully saturated rings. The smallest absolute Gasteiger partial charge is 0.310 e. The Morgan fingerprint density at radius 2 is 2.07 bits per heavy atom. The van der Waals surface area contributed by atoms with Gasteiger partial charge in [0.25, 0.3) is 0 Å². The Morgan fingerprint density at radius 3 is 2.60 bits per heavy atom. The van der Waals surface area contributed by atoms with Crippen LogP contribution in [-0.4, -0.2) is 20.2 Å². The van der Waals surface area contributed by atoms with Gasteiger partial charge in [0.1, 0.15) is 5.75 Å². The SMILES string of the molecule is COC(=O)Cc1cc(OC)c(C)cc1N. The monoisotopic (exact) mass is 209 g/mol. The molecule has 4 nitrogen and oxygen atoms in total. The highest BCUT2D eigenvalue weighted by molar-refractivity contribution is 5.75. The number of hydrogen-bond acceptors (Lipinski definition) is 4. The van der Waals surface area contributed by atoms with E-state index in [2.05, 4.69) is 4.74 Å². The van der Waals surface area contributed by atoms with Crippen molar-refractivity contribution >= 4 is 11.7 Å². The predicted octanol–water partition coefficient (Wildman–Crippen LogP) is 1.30. The summed E-state index contributed by atoms with van der Waals surface area (Å²) in [6.07, 6.45) is 0.166. The molecule has 4 heteroatoms. The quantitative estimate of drug-likeness (QED) is 0.602. The number of nitrogens with two attached hydrogens (primary N) is 1.